The summed E-state index contributed by atoms with van der Waals surface area (Å²) in [5.74, 6) is -0.200. The van der Waals surface area contributed by atoms with Crippen molar-refractivity contribution in [2.75, 3.05) is 11.9 Å². The van der Waals surface area contributed by atoms with E-state index in [1.807, 2.05) is 19.9 Å². The molecule has 0 spiro atoms. The van der Waals surface area contributed by atoms with Crippen LogP contribution < -0.4 is 5.32 Å². The van der Waals surface area contributed by atoms with Crippen LogP contribution >= 0.6 is 0 Å². The Balaban J connectivity index is 2.63. The third-order valence-corrected chi connectivity index (χ3v) is 2.15. The third-order valence-electron chi connectivity index (χ3n) is 2.15. The molecule has 0 aliphatic rings. The maximum atomic E-state index is 13.3. The molecule has 0 fully saturated rings. The summed E-state index contributed by atoms with van der Waals surface area (Å²) in [6, 6.07) is 5.17. The molecular weight excluding hydrogens is 177 g/mol. The topological polar surface area (TPSA) is 12.0 Å². The van der Waals surface area contributed by atoms with Crippen LogP contribution in [0.15, 0.2) is 30.4 Å². The lowest BCUT2D eigenvalue weighted by atomic mass is 10.2. The Morgan fingerprint density at radius 1 is 1.50 bits per heavy atom. The van der Waals surface area contributed by atoms with Gasteiger partial charge in [-0.1, -0.05) is 25.1 Å². The molecule has 0 saturated carbocycles. The van der Waals surface area contributed by atoms with E-state index in [-0.39, 0.29) is 5.82 Å². The van der Waals surface area contributed by atoms with Crippen molar-refractivity contribution in [3.8, 4) is 0 Å². The monoisotopic (exact) mass is 193 g/mol. The van der Waals surface area contributed by atoms with Gasteiger partial charge in [-0.25, -0.2) is 4.39 Å². The molecule has 1 nitrogen and oxygen atoms in total. The second kappa shape index (κ2) is 4.80. The van der Waals surface area contributed by atoms with Gasteiger partial charge in [0.25, 0.3) is 0 Å². The van der Waals surface area contributed by atoms with E-state index in [1.165, 1.54) is 6.07 Å². The fourth-order valence-electron chi connectivity index (χ4n) is 1.11. The van der Waals surface area contributed by atoms with Crippen LogP contribution in [0.1, 0.15) is 18.9 Å². The summed E-state index contributed by atoms with van der Waals surface area (Å²) in [4.78, 5) is 0. The second-order valence-electron chi connectivity index (χ2n) is 3.44. The van der Waals surface area contributed by atoms with Crippen LogP contribution in [0, 0.1) is 12.7 Å². The smallest absolute Gasteiger partial charge is 0.146 e. The molecule has 1 aromatic carbocycles. The van der Waals surface area contributed by atoms with Gasteiger partial charge in [-0.3, -0.25) is 0 Å². The highest BCUT2D eigenvalue weighted by molar-refractivity contribution is 5.46. The van der Waals surface area contributed by atoms with Gasteiger partial charge in [-0.05, 0) is 31.0 Å². The van der Waals surface area contributed by atoms with Crippen LogP contribution in [0.25, 0.3) is 0 Å². The first-order chi connectivity index (χ1) is 6.63. The SMILES string of the molecule is C=C(CC)CNc1ccc(C)cc1F. The maximum Gasteiger partial charge on any atom is 0.146 e. The van der Waals surface area contributed by atoms with Gasteiger partial charge >= 0.3 is 0 Å². The number of rotatable bonds is 4. The number of benzene rings is 1. The summed E-state index contributed by atoms with van der Waals surface area (Å²) in [6.45, 7) is 8.40. The minimum atomic E-state index is -0.200. The molecule has 0 aromatic heterocycles. The first-order valence-electron chi connectivity index (χ1n) is 4.80. The Kier molecular flexibility index (Phi) is 3.69. The minimum Gasteiger partial charge on any atom is -0.379 e. The van der Waals surface area contributed by atoms with E-state index in [0.29, 0.717) is 12.2 Å². The highest BCUT2D eigenvalue weighted by atomic mass is 19.1. The Hall–Kier alpha value is -1.31. The average molecular weight is 193 g/mol. The van der Waals surface area contributed by atoms with E-state index in [1.54, 1.807) is 6.07 Å². The molecule has 2 heteroatoms. The van der Waals surface area contributed by atoms with Crippen molar-refractivity contribution in [1.29, 1.82) is 0 Å². The van der Waals surface area contributed by atoms with Gasteiger partial charge in [0.15, 0.2) is 0 Å². The van der Waals surface area contributed by atoms with Crippen LogP contribution in [0.3, 0.4) is 0 Å². The predicted molar refractivity (Wildman–Crippen MR) is 59.1 cm³/mol. The molecule has 0 aliphatic carbocycles. The molecule has 0 radical (unpaired) electrons. The molecule has 0 unspecified atom stereocenters. The summed E-state index contributed by atoms with van der Waals surface area (Å²) in [7, 11) is 0. The molecular formula is C12H16FN. The summed E-state index contributed by atoms with van der Waals surface area (Å²) >= 11 is 0. The van der Waals surface area contributed by atoms with Crippen LogP contribution in [-0.4, -0.2) is 6.54 Å². The number of anilines is 1. The van der Waals surface area contributed by atoms with Crippen LogP contribution in [0.4, 0.5) is 10.1 Å². The zero-order chi connectivity index (χ0) is 10.6. The van der Waals surface area contributed by atoms with Crippen molar-refractivity contribution in [3.63, 3.8) is 0 Å². The first-order valence-corrected chi connectivity index (χ1v) is 4.80. The number of hydrogen-bond acceptors (Lipinski definition) is 1. The van der Waals surface area contributed by atoms with Gasteiger partial charge in [-0.2, -0.15) is 0 Å². The Labute approximate surface area is 84.6 Å². The molecule has 1 aromatic rings. The van der Waals surface area contributed by atoms with Gasteiger partial charge < -0.3 is 5.32 Å². The standard InChI is InChI=1S/C12H16FN/c1-4-9(2)8-14-12-6-5-10(3)7-11(12)13/h5-7,14H,2,4,8H2,1,3H3. The van der Waals surface area contributed by atoms with E-state index >= 15 is 0 Å². The van der Waals surface area contributed by atoms with Crippen molar-refractivity contribution in [1.82, 2.24) is 0 Å². The predicted octanol–water partition coefficient (Wildman–Crippen LogP) is 3.51. The summed E-state index contributed by atoms with van der Waals surface area (Å²) in [6.07, 6.45) is 0.917. The maximum absolute atomic E-state index is 13.3. The molecule has 0 heterocycles. The highest BCUT2D eigenvalue weighted by Crippen LogP contribution is 2.15. The normalized spacial score (nSPS) is 9.93. The van der Waals surface area contributed by atoms with Crippen molar-refractivity contribution in [2.24, 2.45) is 0 Å². The van der Waals surface area contributed by atoms with E-state index in [4.69, 9.17) is 0 Å². The fourth-order valence-corrected chi connectivity index (χ4v) is 1.11. The van der Waals surface area contributed by atoms with Crippen LogP contribution in [-0.2, 0) is 0 Å². The van der Waals surface area contributed by atoms with E-state index in [9.17, 15) is 4.39 Å². The number of aryl methyl sites for hydroxylation is 1. The molecule has 1 N–H and O–H groups in total. The van der Waals surface area contributed by atoms with Crippen molar-refractivity contribution >= 4 is 5.69 Å². The van der Waals surface area contributed by atoms with Crippen molar-refractivity contribution in [3.05, 3.63) is 41.7 Å². The number of halogens is 1. The lowest BCUT2D eigenvalue weighted by molar-refractivity contribution is 0.629. The molecule has 0 amide bonds. The van der Waals surface area contributed by atoms with Gasteiger partial charge in [-0.15, -0.1) is 0 Å². The van der Waals surface area contributed by atoms with Gasteiger partial charge in [0.05, 0.1) is 5.69 Å². The van der Waals surface area contributed by atoms with Gasteiger partial charge in [0.2, 0.25) is 0 Å². The molecule has 76 valence electrons. The van der Waals surface area contributed by atoms with Crippen molar-refractivity contribution < 1.29 is 4.39 Å². The van der Waals surface area contributed by atoms with E-state index in [0.717, 1.165) is 17.6 Å². The molecule has 14 heavy (non-hydrogen) atoms. The van der Waals surface area contributed by atoms with Crippen molar-refractivity contribution in [2.45, 2.75) is 20.3 Å². The van der Waals surface area contributed by atoms with E-state index < -0.39 is 0 Å². The fraction of sp³-hybridized carbons (Fsp3) is 0.333. The van der Waals surface area contributed by atoms with Gasteiger partial charge in [0.1, 0.15) is 5.82 Å². The lowest BCUT2D eigenvalue weighted by Crippen LogP contribution is -2.05. The van der Waals surface area contributed by atoms with E-state index in [2.05, 4.69) is 11.9 Å². The third kappa shape index (κ3) is 2.87. The second-order valence-corrected chi connectivity index (χ2v) is 3.44. The van der Waals surface area contributed by atoms with Gasteiger partial charge in [0, 0.05) is 6.54 Å². The summed E-state index contributed by atoms with van der Waals surface area (Å²) in [5.41, 5.74) is 2.55. The minimum absolute atomic E-state index is 0.200. The lowest BCUT2D eigenvalue weighted by Gasteiger charge is -2.08. The molecule has 1 rings (SSSR count). The van der Waals surface area contributed by atoms with Crippen LogP contribution in [0.2, 0.25) is 0 Å². The largest absolute Gasteiger partial charge is 0.379 e. The Morgan fingerprint density at radius 2 is 2.21 bits per heavy atom. The average Bonchev–Trinajstić information content (AvgIpc) is 2.16. The Bertz CT molecular complexity index is 331. The molecule has 0 saturated heterocycles. The number of hydrogen-bond donors (Lipinski definition) is 1. The quantitative estimate of drug-likeness (QED) is 0.721. The molecule has 0 aliphatic heterocycles. The van der Waals surface area contributed by atoms with Crippen LogP contribution in [0.5, 0.6) is 0 Å². The number of nitrogens with one attached hydrogen (secondary N) is 1. The summed E-state index contributed by atoms with van der Waals surface area (Å²) < 4.78 is 13.3. The first kappa shape index (κ1) is 10.8. The highest BCUT2D eigenvalue weighted by Gasteiger charge is 2.00. The Morgan fingerprint density at radius 3 is 2.79 bits per heavy atom. The molecule has 0 atom stereocenters. The zero-order valence-corrected chi connectivity index (χ0v) is 8.73. The summed E-state index contributed by atoms with van der Waals surface area (Å²) in [5, 5.41) is 3.02. The molecule has 0 bridgehead atoms. The zero-order valence-electron chi connectivity index (χ0n) is 8.73.